The van der Waals surface area contributed by atoms with Crippen molar-refractivity contribution in [1.82, 2.24) is 15.0 Å². The summed E-state index contributed by atoms with van der Waals surface area (Å²) in [5, 5.41) is 4.36. The van der Waals surface area contributed by atoms with Gasteiger partial charge in [0.05, 0.1) is 17.1 Å². The summed E-state index contributed by atoms with van der Waals surface area (Å²) in [5.74, 6) is 0.649. The van der Waals surface area contributed by atoms with E-state index in [0.29, 0.717) is 5.82 Å². The number of aromatic nitrogens is 3. The van der Waals surface area contributed by atoms with Crippen LogP contribution in [0.3, 0.4) is 0 Å². The van der Waals surface area contributed by atoms with Crippen molar-refractivity contribution >= 4 is 43.9 Å². The van der Waals surface area contributed by atoms with E-state index in [0.717, 1.165) is 105 Å². The number of para-hydroxylation sites is 2. The van der Waals surface area contributed by atoms with Crippen LogP contribution in [-0.4, -0.2) is 15.0 Å². The first-order chi connectivity index (χ1) is 27.7. The fraction of sp³-hybridized carbons (Fsp3) is 0. The standard InChI is InChI=1S/C51H31N3O2/c1-2-12-33(13-3-1)44-31-45(54-51(53-44)40-16-5-4-14-38(40)43-18-10-11-29-52-43)34-23-21-32(22-24-34)36-26-27-37(50-49(36)41-17-7-9-20-47(41)56-50)35-25-28-48-42(30-35)39-15-6-8-19-46(39)55-48/h1-31H. The first kappa shape index (κ1) is 31.9. The molecule has 0 radical (unpaired) electrons. The highest BCUT2D eigenvalue weighted by molar-refractivity contribution is 6.17. The van der Waals surface area contributed by atoms with Crippen molar-refractivity contribution < 1.29 is 8.83 Å². The summed E-state index contributed by atoms with van der Waals surface area (Å²) in [6.45, 7) is 0. The van der Waals surface area contributed by atoms with Gasteiger partial charge >= 0.3 is 0 Å². The van der Waals surface area contributed by atoms with E-state index in [4.69, 9.17) is 18.8 Å². The zero-order valence-electron chi connectivity index (χ0n) is 30.1. The van der Waals surface area contributed by atoms with Crippen molar-refractivity contribution in [3.63, 3.8) is 0 Å². The van der Waals surface area contributed by atoms with Gasteiger partial charge in [-0.25, -0.2) is 9.97 Å². The number of furan rings is 2. The summed E-state index contributed by atoms with van der Waals surface area (Å²) in [5.41, 5.74) is 14.3. The van der Waals surface area contributed by atoms with Gasteiger partial charge in [0.15, 0.2) is 5.82 Å². The van der Waals surface area contributed by atoms with Gasteiger partial charge in [-0.3, -0.25) is 4.98 Å². The molecule has 0 aliphatic carbocycles. The van der Waals surface area contributed by atoms with Crippen LogP contribution in [0.4, 0.5) is 0 Å². The number of benzene rings is 7. The van der Waals surface area contributed by atoms with Gasteiger partial charge < -0.3 is 8.83 Å². The molecule has 0 amide bonds. The molecule has 0 saturated carbocycles. The summed E-state index contributed by atoms with van der Waals surface area (Å²) in [6, 6.07) is 62.4. The third-order valence-corrected chi connectivity index (χ3v) is 10.6. The lowest BCUT2D eigenvalue weighted by atomic mass is 9.93. The lowest BCUT2D eigenvalue weighted by Gasteiger charge is -2.13. The molecule has 11 rings (SSSR count). The number of rotatable bonds is 6. The van der Waals surface area contributed by atoms with E-state index in [1.165, 1.54) is 0 Å². The lowest BCUT2D eigenvalue weighted by molar-refractivity contribution is 0.668. The zero-order valence-corrected chi connectivity index (χ0v) is 30.1. The van der Waals surface area contributed by atoms with Gasteiger partial charge in [-0.05, 0) is 65.2 Å². The quantitative estimate of drug-likeness (QED) is 0.171. The number of fused-ring (bicyclic) bond motifs is 6. The van der Waals surface area contributed by atoms with Gasteiger partial charge in [0, 0.05) is 55.6 Å². The largest absolute Gasteiger partial charge is 0.456 e. The maximum absolute atomic E-state index is 6.68. The molecule has 0 saturated heterocycles. The molecule has 0 aliphatic heterocycles. The van der Waals surface area contributed by atoms with Crippen molar-refractivity contribution in [3.05, 3.63) is 188 Å². The number of nitrogens with zero attached hydrogens (tertiary/aromatic N) is 3. The highest BCUT2D eigenvalue weighted by Gasteiger charge is 2.19. The van der Waals surface area contributed by atoms with E-state index < -0.39 is 0 Å². The fourth-order valence-electron chi connectivity index (χ4n) is 7.91. The second kappa shape index (κ2) is 13.0. The van der Waals surface area contributed by atoms with Crippen LogP contribution >= 0.6 is 0 Å². The highest BCUT2D eigenvalue weighted by Crippen LogP contribution is 2.43. The molecule has 4 heterocycles. The van der Waals surface area contributed by atoms with E-state index in [-0.39, 0.29) is 0 Å². The van der Waals surface area contributed by atoms with Crippen molar-refractivity contribution in [2.75, 3.05) is 0 Å². The third kappa shape index (κ3) is 5.37. The average molecular weight is 718 g/mol. The molecule has 0 atom stereocenters. The van der Waals surface area contributed by atoms with Crippen LogP contribution < -0.4 is 0 Å². The summed E-state index contributed by atoms with van der Waals surface area (Å²) in [6.07, 6.45) is 1.82. The Morgan fingerprint density at radius 2 is 0.946 bits per heavy atom. The van der Waals surface area contributed by atoms with Crippen molar-refractivity contribution in [3.8, 4) is 67.4 Å². The topological polar surface area (TPSA) is 65.0 Å². The van der Waals surface area contributed by atoms with Crippen molar-refractivity contribution in [1.29, 1.82) is 0 Å². The molecule has 7 aromatic carbocycles. The molecule has 5 nitrogen and oxygen atoms in total. The molecule has 4 aromatic heterocycles. The van der Waals surface area contributed by atoms with E-state index in [1.54, 1.807) is 0 Å². The Morgan fingerprint density at radius 1 is 0.339 bits per heavy atom. The fourth-order valence-corrected chi connectivity index (χ4v) is 7.91. The molecule has 11 aromatic rings. The van der Waals surface area contributed by atoms with E-state index in [2.05, 4.69) is 114 Å². The minimum absolute atomic E-state index is 0.649. The van der Waals surface area contributed by atoms with Gasteiger partial charge in [0.25, 0.3) is 0 Å². The summed E-state index contributed by atoms with van der Waals surface area (Å²) < 4.78 is 12.8. The predicted molar refractivity (Wildman–Crippen MR) is 227 cm³/mol. The summed E-state index contributed by atoms with van der Waals surface area (Å²) >= 11 is 0. The van der Waals surface area contributed by atoms with Crippen LogP contribution in [0.25, 0.3) is 111 Å². The Hall–Kier alpha value is -7.63. The van der Waals surface area contributed by atoms with Gasteiger partial charge in [-0.15, -0.1) is 0 Å². The summed E-state index contributed by atoms with van der Waals surface area (Å²) in [4.78, 5) is 15.0. The molecule has 0 spiro atoms. The lowest BCUT2D eigenvalue weighted by Crippen LogP contribution is -1.98. The van der Waals surface area contributed by atoms with Gasteiger partial charge in [-0.1, -0.05) is 133 Å². The van der Waals surface area contributed by atoms with E-state index >= 15 is 0 Å². The number of pyridine rings is 1. The predicted octanol–water partition coefficient (Wildman–Crippen LogP) is 13.7. The maximum Gasteiger partial charge on any atom is 0.161 e. The molecule has 262 valence electrons. The third-order valence-electron chi connectivity index (χ3n) is 10.6. The van der Waals surface area contributed by atoms with Crippen LogP contribution in [0, 0.1) is 0 Å². The Labute approximate surface area is 322 Å². The molecule has 56 heavy (non-hydrogen) atoms. The first-order valence-corrected chi connectivity index (χ1v) is 18.7. The SMILES string of the molecule is c1ccc(-c2cc(-c3ccc(-c4ccc(-c5ccc6oc7ccccc7c6c5)c5oc6ccccc6c45)cc3)nc(-c3ccccc3-c3ccccn3)n2)cc1. The second-order valence-corrected chi connectivity index (χ2v) is 13.9. The minimum Gasteiger partial charge on any atom is -0.456 e. The molecular formula is C51H31N3O2. The molecule has 0 unspecified atom stereocenters. The van der Waals surface area contributed by atoms with Crippen LogP contribution in [0.15, 0.2) is 197 Å². The Balaban J connectivity index is 1.04. The molecule has 0 bridgehead atoms. The van der Waals surface area contributed by atoms with Crippen LogP contribution in [0.5, 0.6) is 0 Å². The van der Waals surface area contributed by atoms with Gasteiger partial charge in [0.1, 0.15) is 22.3 Å². The highest BCUT2D eigenvalue weighted by atomic mass is 16.3. The molecular weight excluding hydrogens is 687 g/mol. The Kier molecular flexibility index (Phi) is 7.42. The average Bonchev–Trinajstić information content (AvgIpc) is 3.85. The monoisotopic (exact) mass is 717 g/mol. The van der Waals surface area contributed by atoms with E-state index in [9.17, 15) is 0 Å². The molecule has 5 heteroatoms. The van der Waals surface area contributed by atoms with Crippen molar-refractivity contribution in [2.24, 2.45) is 0 Å². The van der Waals surface area contributed by atoms with Gasteiger partial charge in [0.2, 0.25) is 0 Å². The van der Waals surface area contributed by atoms with Gasteiger partial charge in [-0.2, -0.15) is 0 Å². The summed E-state index contributed by atoms with van der Waals surface area (Å²) in [7, 11) is 0. The Morgan fingerprint density at radius 3 is 1.73 bits per heavy atom. The molecule has 0 aliphatic rings. The van der Waals surface area contributed by atoms with Crippen LogP contribution in [0.1, 0.15) is 0 Å². The number of hydrogen-bond acceptors (Lipinski definition) is 5. The maximum atomic E-state index is 6.68. The molecule has 0 fully saturated rings. The van der Waals surface area contributed by atoms with Crippen molar-refractivity contribution in [2.45, 2.75) is 0 Å². The smallest absolute Gasteiger partial charge is 0.161 e. The van der Waals surface area contributed by atoms with E-state index in [1.807, 2.05) is 79.0 Å². The minimum atomic E-state index is 0.649. The zero-order chi connectivity index (χ0) is 37.0. The number of hydrogen-bond donors (Lipinski definition) is 0. The molecule has 0 N–H and O–H groups in total. The van der Waals surface area contributed by atoms with Crippen LogP contribution in [0.2, 0.25) is 0 Å². The normalized spacial score (nSPS) is 11.6. The Bertz CT molecular complexity index is 3240. The second-order valence-electron chi connectivity index (χ2n) is 13.9. The van der Waals surface area contributed by atoms with Crippen LogP contribution in [-0.2, 0) is 0 Å². The first-order valence-electron chi connectivity index (χ1n) is 18.7.